The zero-order chi connectivity index (χ0) is 27.0. The Kier molecular flexibility index (Phi) is 9.36. The second-order valence-corrected chi connectivity index (χ2v) is 8.28. The molecule has 2 N–H and O–H groups in total. The van der Waals surface area contributed by atoms with Crippen molar-refractivity contribution < 1.29 is 31.9 Å². The summed E-state index contributed by atoms with van der Waals surface area (Å²) in [6.45, 7) is 2.68. The second-order valence-electron chi connectivity index (χ2n) is 8.28. The molecule has 0 spiro atoms. The molecular formula is C26H28F4N4O3. The summed E-state index contributed by atoms with van der Waals surface area (Å²) in [5.41, 5.74) is 3.09. The number of benzene rings is 1. The molecule has 37 heavy (non-hydrogen) atoms. The molecule has 0 bridgehead atoms. The maximum absolute atomic E-state index is 14.2. The fraction of sp³-hybridized carbons (Fsp3) is 0.385. The number of aromatic nitrogens is 1. The lowest BCUT2D eigenvalue weighted by molar-refractivity contribution is -0.148. The van der Waals surface area contributed by atoms with E-state index in [1.54, 1.807) is 24.9 Å². The Balaban J connectivity index is 1.74. The van der Waals surface area contributed by atoms with Crippen molar-refractivity contribution in [3.63, 3.8) is 0 Å². The van der Waals surface area contributed by atoms with Crippen LogP contribution in [0.5, 0.6) is 0 Å². The minimum absolute atomic E-state index is 0.0899. The standard InChI is InChI=1S/C26H28F4N4O3/c1-4-18-13-17(14-21(27)23(18)31-3)15-32-37-12-10-19-8-9-22(26(28,29)30)33-24(19)34-11-6-7-20(16-34)25(35)36-5-2/h1,8-10,12-14,20,31-32H,5-7,11,15-16H2,2-3H3/b12-10+. The number of anilines is 2. The van der Waals surface area contributed by atoms with E-state index in [4.69, 9.17) is 16.0 Å². The molecule has 11 heteroatoms. The lowest BCUT2D eigenvalue weighted by Crippen LogP contribution is -2.40. The van der Waals surface area contributed by atoms with Crippen LogP contribution in [0.25, 0.3) is 6.08 Å². The number of nitrogens with one attached hydrogen (secondary N) is 2. The van der Waals surface area contributed by atoms with Gasteiger partial charge in [0.2, 0.25) is 0 Å². The van der Waals surface area contributed by atoms with E-state index < -0.39 is 23.6 Å². The first kappa shape index (κ1) is 27.8. The number of nitrogens with zero attached hydrogens (tertiary/aromatic N) is 2. The first-order chi connectivity index (χ1) is 17.7. The minimum atomic E-state index is -4.62. The van der Waals surface area contributed by atoms with Gasteiger partial charge in [0.05, 0.1) is 30.3 Å². The van der Waals surface area contributed by atoms with Crippen LogP contribution in [0, 0.1) is 24.1 Å². The summed E-state index contributed by atoms with van der Waals surface area (Å²) in [7, 11) is 1.57. The van der Waals surface area contributed by atoms with Gasteiger partial charge in [-0.2, -0.15) is 18.7 Å². The van der Waals surface area contributed by atoms with Gasteiger partial charge < -0.3 is 19.8 Å². The number of halogens is 4. The molecule has 1 atom stereocenters. The van der Waals surface area contributed by atoms with Gasteiger partial charge in [-0.25, -0.2) is 9.37 Å². The highest BCUT2D eigenvalue weighted by molar-refractivity contribution is 5.74. The summed E-state index contributed by atoms with van der Waals surface area (Å²) in [5, 5.41) is 2.71. The number of carbonyl (C=O) groups is 1. The van der Waals surface area contributed by atoms with Gasteiger partial charge in [-0.05, 0) is 55.7 Å². The van der Waals surface area contributed by atoms with Gasteiger partial charge in [0.25, 0.3) is 0 Å². The monoisotopic (exact) mass is 520 g/mol. The van der Waals surface area contributed by atoms with Crippen molar-refractivity contribution >= 4 is 23.6 Å². The molecule has 1 unspecified atom stereocenters. The number of esters is 1. The Bertz CT molecular complexity index is 1180. The molecule has 1 fully saturated rings. The summed E-state index contributed by atoms with van der Waals surface area (Å²) in [6.07, 6.45) is 4.71. The molecule has 1 aliphatic heterocycles. The number of piperidine rings is 1. The van der Waals surface area contributed by atoms with Gasteiger partial charge in [0.15, 0.2) is 0 Å². The first-order valence-corrected chi connectivity index (χ1v) is 11.7. The van der Waals surface area contributed by atoms with Crippen molar-refractivity contribution in [3.05, 3.63) is 58.7 Å². The Morgan fingerprint density at radius 3 is 2.81 bits per heavy atom. The number of alkyl halides is 3. The number of rotatable bonds is 9. The van der Waals surface area contributed by atoms with E-state index in [0.29, 0.717) is 36.1 Å². The highest BCUT2D eigenvalue weighted by atomic mass is 19.4. The van der Waals surface area contributed by atoms with Crippen LogP contribution in [0.1, 0.15) is 42.1 Å². The van der Waals surface area contributed by atoms with Crippen LogP contribution in [0.4, 0.5) is 29.1 Å². The number of hydroxylamine groups is 1. The van der Waals surface area contributed by atoms with Gasteiger partial charge >= 0.3 is 12.1 Å². The second kappa shape index (κ2) is 12.5. The molecule has 1 aliphatic rings. The van der Waals surface area contributed by atoms with Crippen LogP contribution in [0.2, 0.25) is 0 Å². The molecule has 1 aromatic heterocycles. The molecule has 1 saturated heterocycles. The molecule has 3 rings (SSSR count). The quantitative estimate of drug-likeness (QED) is 0.124. The van der Waals surface area contributed by atoms with E-state index >= 15 is 0 Å². The van der Waals surface area contributed by atoms with Crippen molar-refractivity contribution in [2.75, 3.05) is 37.0 Å². The van der Waals surface area contributed by atoms with Gasteiger partial charge in [0, 0.05) is 25.7 Å². The number of terminal acetylenes is 1. The molecular weight excluding hydrogens is 492 g/mol. The van der Waals surface area contributed by atoms with Crippen molar-refractivity contribution in [3.8, 4) is 12.3 Å². The van der Waals surface area contributed by atoms with Crippen LogP contribution < -0.4 is 15.7 Å². The predicted octanol–water partition coefficient (Wildman–Crippen LogP) is 4.73. The molecule has 0 aliphatic carbocycles. The van der Waals surface area contributed by atoms with Crippen LogP contribution in [-0.4, -0.2) is 37.7 Å². The Labute approximate surface area is 212 Å². The molecule has 1 aromatic carbocycles. The highest BCUT2D eigenvalue weighted by Crippen LogP contribution is 2.33. The molecule has 198 valence electrons. The number of hydrogen-bond donors (Lipinski definition) is 2. The van der Waals surface area contributed by atoms with Crippen molar-refractivity contribution in [1.82, 2.24) is 10.5 Å². The van der Waals surface area contributed by atoms with Crippen molar-refractivity contribution in [1.29, 1.82) is 0 Å². The van der Waals surface area contributed by atoms with Gasteiger partial charge in [-0.15, -0.1) is 6.42 Å². The topological polar surface area (TPSA) is 75.7 Å². The summed E-state index contributed by atoms with van der Waals surface area (Å²) < 4.78 is 59.4. The molecule has 0 saturated carbocycles. The summed E-state index contributed by atoms with van der Waals surface area (Å²) in [6, 6.07) is 5.12. The van der Waals surface area contributed by atoms with E-state index in [9.17, 15) is 22.4 Å². The summed E-state index contributed by atoms with van der Waals surface area (Å²) in [5.74, 6) is 1.16. The van der Waals surface area contributed by atoms with Crippen LogP contribution in [0.15, 0.2) is 30.5 Å². The van der Waals surface area contributed by atoms with E-state index in [1.165, 1.54) is 24.5 Å². The van der Waals surface area contributed by atoms with E-state index in [-0.39, 0.29) is 37.2 Å². The van der Waals surface area contributed by atoms with Gasteiger partial charge in [0.1, 0.15) is 23.6 Å². The minimum Gasteiger partial charge on any atom is -0.466 e. The third-order valence-electron chi connectivity index (χ3n) is 5.77. The lowest BCUT2D eigenvalue weighted by atomic mass is 9.97. The maximum atomic E-state index is 14.2. The highest BCUT2D eigenvalue weighted by Gasteiger charge is 2.35. The van der Waals surface area contributed by atoms with Crippen LogP contribution >= 0.6 is 0 Å². The van der Waals surface area contributed by atoms with Crippen LogP contribution in [-0.2, 0) is 27.1 Å². The average Bonchev–Trinajstić information content (AvgIpc) is 2.87. The van der Waals surface area contributed by atoms with Crippen molar-refractivity contribution in [2.45, 2.75) is 32.5 Å². The third-order valence-corrected chi connectivity index (χ3v) is 5.77. The number of hydrogen-bond acceptors (Lipinski definition) is 7. The molecule has 2 aromatic rings. The SMILES string of the molecule is C#Cc1cc(CNO/C=C/c2ccc(C(F)(F)F)nc2N2CCCC(C(=O)OCC)C2)cc(F)c1NC. The molecule has 0 radical (unpaired) electrons. The Morgan fingerprint density at radius 1 is 1.35 bits per heavy atom. The molecule has 7 nitrogen and oxygen atoms in total. The first-order valence-electron chi connectivity index (χ1n) is 11.7. The normalized spacial score (nSPS) is 15.9. The summed E-state index contributed by atoms with van der Waals surface area (Å²) in [4.78, 5) is 23.0. The smallest absolute Gasteiger partial charge is 0.433 e. The van der Waals surface area contributed by atoms with Gasteiger partial charge in [-0.3, -0.25) is 4.79 Å². The average molecular weight is 521 g/mol. The third kappa shape index (κ3) is 7.13. The van der Waals surface area contributed by atoms with Gasteiger partial charge in [-0.1, -0.05) is 5.92 Å². The summed E-state index contributed by atoms with van der Waals surface area (Å²) >= 11 is 0. The van der Waals surface area contributed by atoms with E-state index in [1.807, 2.05) is 0 Å². The number of ether oxygens (including phenoxy) is 1. The van der Waals surface area contributed by atoms with Crippen LogP contribution in [0.3, 0.4) is 0 Å². The fourth-order valence-electron chi connectivity index (χ4n) is 4.04. The lowest BCUT2D eigenvalue weighted by Gasteiger charge is -2.33. The molecule has 2 heterocycles. The van der Waals surface area contributed by atoms with E-state index in [0.717, 1.165) is 6.07 Å². The van der Waals surface area contributed by atoms with Crippen molar-refractivity contribution in [2.24, 2.45) is 5.92 Å². The van der Waals surface area contributed by atoms with E-state index in [2.05, 4.69) is 21.7 Å². The zero-order valence-corrected chi connectivity index (χ0v) is 20.5. The predicted molar refractivity (Wildman–Crippen MR) is 132 cm³/mol. The fourth-order valence-corrected chi connectivity index (χ4v) is 4.04. The zero-order valence-electron chi connectivity index (χ0n) is 20.5. The number of pyridine rings is 1. The Morgan fingerprint density at radius 2 is 2.14 bits per heavy atom. The number of carbonyl (C=O) groups excluding carboxylic acids is 1. The largest absolute Gasteiger partial charge is 0.466 e. The molecule has 0 amide bonds. The maximum Gasteiger partial charge on any atom is 0.433 e. The Hall–Kier alpha value is -3.78.